The van der Waals surface area contributed by atoms with Crippen molar-refractivity contribution in [1.29, 1.82) is 0 Å². The lowest BCUT2D eigenvalue weighted by molar-refractivity contribution is 0.669. The number of anilines is 3. The monoisotopic (exact) mass is 732 g/mol. The molecule has 0 spiro atoms. The van der Waals surface area contributed by atoms with Gasteiger partial charge in [0.25, 0.3) is 0 Å². The van der Waals surface area contributed by atoms with Crippen LogP contribution >= 0.6 is 0 Å². The third-order valence-electron chi connectivity index (χ3n) is 10.5. The molecule has 8 aromatic carbocycles. The van der Waals surface area contributed by atoms with E-state index in [1.165, 1.54) is 0 Å². The van der Waals surface area contributed by atoms with E-state index >= 15 is 0 Å². The van der Waals surface area contributed by atoms with Gasteiger partial charge in [-0.1, -0.05) is 140 Å². The fourth-order valence-corrected chi connectivity index (χ4v) is 7.86. The lowest BCUT2D eigenvalue weighted by Crippen LogP contribution is -2.09. The van der Waals surface area contributed by atoms with Crippen molar-refractivity contribution in [2.75, 3.05) is 4.90 Å². The third-order valence-corrected chi connectivity index (χ3v) is 10.5. The summed E-state index contributed by atoms with van der Waals surface area (Å²) in [5, 5.41) is 4.17. The Kier molecular flexibility index (Phi) is 7.71. The molecule has 11 rings (SSSR count). The molecular weight excluding hydrogens is 701 g/mol. The maximum absolute atomic E-state index is 6.64. The first-order valence-corrected chi connectivity index (χ1v) is 18.9. The van der Waals surface area contributed by atoms with Gasteiger partial charge in [-0.25, -0.2) is 15.0 Å². The van der Waals surface area contributed by atoms with Crippen molar-refractivity contribution in [1.82, 2.24) is 15.0 Å². The molecule has 0 aliphatic rings. The smallest absolute Gasteiger partial charge is 0.164 e. The Morgan fingerprint density at radius 2 is 0.895 bits per heavy atom. The van der Waals surface area contributed by atoms with E-state index in [1.807, 2.05) is 91.0 Å². The van der Waals surface area contributed by atoms with Gasteiger partial charge in [0.05, 0.1) is 0 Å². The highest BCUT2D eigenvalue weighted by atomic mass is 16.3. The van der Waals surface area contributed by atoms with E-state index in [1.54, 1.807) is 0 Å². The zero-order valence-electron chi connectivity index (χ0n) is 30.6. The first kappa shape index (κ1) is 32.6. The number of para-hydroxylation sites is 3. The second-order valence-corrected chi connectivity index (χ2v) is 14.0. The van der Waals surface area contributed by atoms with Crippen LogP contribution in [0.15, 0.2) is 203 Å². The van der Waals surface area contributed by atoms with Gasteiger partial charge >= 0.3 is 0 Å². The summed E-state index contributed by atoms with van der Waals surface area (Å²) in [7, 11) is 0. The molecular formula is C51H32N4O2. The van der Waals surface area contributed by atoms with Crippen LogP contribution in [0.1, 0.15) is 0 Å². The number of hydrogen-bond acceptors (Lipinski definition) is 6. The van der Waals surface area contributed by atoms with E-state index in [0.717, 1.165) is 88.8 Å². The van der Waals surface area contributed by atoms with Crippen LogP contribution in [0.25, 0.3) is 89.2 Å². The first-order chi connectivity index (χ1) is 28.2. The maximum atomic E-state index is 6.64. The summed E-state index contributed by atoms with van der Waals surface area (Å²) < 4.78 is 13.0. The van der Waals surface area contributed by atoms with E-state index in [9.17, 15) is 0 Å². The molecule has 0 N–H and O–H groups in total. The second-order valence-electron chi connectivity index (χ2n) is 14.0. The topological polar surface area (TPSA) is 68.2 Å². The van der Waals surface area contributed by atoms with Gasteiger partial charge in [-0.2, -0.15) is 0 Å². The zero-order chi connectivity index (χ0) is 37.7. The Balaban J connectivity index is 1.02. The predicted octanol–water partition coefficient (Wildman–Crippen LogP) is 13.8. The highest BCUT2D eigenvalue weighted by molar-refractivity contribution is 6.13. The fraction of sp³-hybridized carbons (Fsp3) is 0. The van der Waals surface area contributed by atoms with Crippen molar-refractivity contribution in [2.24, 2.45) is 0 Å². The molecule has 6 nitrogen and oxygen atoms in total. The number of rotatable bonds is 7. The van der Waals surface area contributed by atoms with Gasteiger partial charge in [0, 0.05) is 66.9 Å². The average molecular weight is 733 g/mol. The van der Waals surface area contributed by atoms with Gasteiger partial charge in [0.2, 0.25) is 0 Å². The van der Waals surface area contributed by atoms with E-state index in [0.29, 0.717) is 17.5 Å². The highest BCUT2D eigenvalue weighted by Gasteiger charge is 2.20. The number of nitrogens with zero attached hydrogens (tertiary/aromatic N) is 4. The molecule has 57 heavy (non-hydrogen) atoms. The quantitative estimate of drug-likeness (QED) is 0.162. The molecule has 0 saturated carbocycles. The van der Waals surface area contributed by atoms with Gasteiger partial charge in [0.1, 0.15) is 22.3 Å². The summed E-state index contributed by atoms with van der Waals surface area (Å²) in [6.07, 6.45) is 0. The average Bonchev–Trinajstić information content (AvgIpc) is 3.86. The highest BCUT2D eigenvalue weighted by Crippen LogP contribution is 2.42. The lowest BCUT2D eigenvalue weighted by atomic mass is 10.0. The van der Waals surface area contributed by atoms with Gasteiger partial charge in [0.15, 0.2) is 17.5 Å². The summed E-state index contributed by atoms with van der Waals surface area (Å²) in [4.78, 5) is 17.2. The summed E-state index contributed by atoms with van der Waals surface area (Å²) in [5.41, 5.74) is 11.2. The molecule has 0 amide bonds. The zero-order valence-corrected chi connectivity index (χ0v) is 30.6. The Hall–Kier alpha value is -7.83. The van der Waals surface area contributed by atoms with Crippen LogP contribution in [0.3, 0.4) is 0 Å². The van der Waals surface area contributed by atoms with Gasteiger partial charge in [-0.3, -0.25) is 0 Å². The molecule has 0 aliphatic heterocycles. The molecule has 0 bridgehead atoms. The van der Waals surface area contributed by atoms with Crippen molar-refractivity contribution >= 4 is 60.9 Å². The van der Waals surface area contributed by atoms with E-state index in [2.05, 4.69) is 108 Å². The second kappa shape index (κ2) is 13.5. The summed E-state index contributed by atoms with van der Waals surface area (Å²) in [5.74, 6) is 1.82. The van der Waals surface area contributed by atoms with Crippen molar-refractivity contribution in [3.63, 3.8) is 0 Å². The number of benzene rings is 8. The van der Waals surface area contributed by atoms with Crippen LogP contribution in [-0.4, -0.2) is 15.0 Å². The van der Waals surface area contributed by atoms with Crippen molar-refractivity contribution < 1.29 is 8.83 Å². The fourth-order valence-electron chi connectivity index (χ4n) is 7.86. The van der Waals surface area contributed by atoms with Crippen molar-refractivity contribution in [3.05, 3.63) is 194 Å². The van der Waals surface area contributed by atoms with Gasteiger partial charge in [-0.05, 0) is 54.1 Å². The SMILES string of the molecule is c1ccc(-c2nc(-c3ccccc3)nc(-c3cccc4oc5cc(N(c6ccccc6)c6ccc(-c7cccc8c7oc7ccccc78)cc6)ccc5c34)n2)cc1. The third kappa shape index (κ3) is 5.70. The van der Waals surface area contributed by atoms with Gasteiger partial charge in [-0.15, -0.1) is 0 Å². The molecule has 0 fully saturated rings. The molecule has 3 aromatic heterocycles. The Bertz CT molecular complexity index is 3170. The van der Waals surface area contributed by atoms with Crippen LogP contribution in [0.4, 0.5) is 17.1 Å². The number of fused-ring (bicyclic) bond motifs is 6. The van der Waals surface area contributed by atoms with Crippen LogP contribution < -0.4 is 4.90 Å². The molecule has 0 saturated heterocycles. The number of aromatic nitrogens is 3. The largest absolute Gasteiger partial charge is 0.456 e. The summed E-state index contributed by atoms with van der Waals surface area (Å²) >= 11 is 0. The Morgan fingerprint density at radius 1 is 0.333 bits per heavy atom. The summed E-state index contributed by atoms with van der Waals surface area (Å²) in [6.45, 7) is 0. The lowest BCUT2D eigenvalue weighted by Gasteiger charge is -2.25. The molecule has 0 atom stereocenters. The van der Waals surface area contributed by atoms with Crippen LogP contribution in [-0.2, 0) is 0 Å². The first-order valence-electron chi connectivity index (χ1n) is 18.9. The predicted molar refractivity (Wildman–Crippen MR) is 231 cm³/mol. The standard InChI is InChI=1S/C51H32N4O2/c1-4-14-34(15-5-1)49-52-50(35-16-6-2-7-17-35)54-51(53-49)43-23-13-25-45-47(43)42-31-30-38(32-46(42)56-45)55(36-18-8-3-9-19-36)37-28-26-33(27-29-37)39-21-12-22-41-40-20-10-11-24-44(40)57-48(39)41/h1-32H. The molecule has 3 heterocycles. The minimum atomic E-state index is 0.587. The van der Waals surface area contributed by atoms with E-state index in [4.69, 9.17) is 23.8 Å². The molecule has 268 valence electrons. The minimum absolute atomic E-state index is 0.587. The molecule has 0 unspecified atom stereocenters. The molecule has 6 heteroatoms. The Labute approximate surface area is 328 Å². The number of hydrogen-bond donors (Lipinski definition) is 0. The summed E-state index contributed by atoms with van der Waals surface area (Å²) in [6, 6.07) is 66.2. The van der Waals surface area contributed by atoms with E-state index < -0.39 is 0 Å². The minimum Gasteiger partial charge on any atom is -0.456 e. The normalized spacial score (nSPS) is 11.5. The van der Waals surface area contributed by atoms with Crippen LogP contribution in [0.5, 0.6) is 0 Å². The maximum Gasteiger partial charge on any atom is 0.164 e. The van der Waals surface area contributed by atoms with Gasteiger partial charge < -0.3 is 13.7 Å². The van der Waals surface area contributed by atoms with Crippen molar-refractivity contribution in [3.8, 4) is 45.3 Å². The van der Waals surface area contributed by atoms with E-state index in [-0.39, 0.29) is 0 Å². The molecule has 0 aliphatic carbocycles. The van der Waals surface area contributed by atoms with Crippen LogP contribution in [0, 0.1) is 0 Å². The number of furan rings is 2. The van der Waals surface area contributed by atoms with Crippen molar-refractivity contribution in [2.45, 2.75) is 0 Å². The molecule has 0 radical (unpaired) electrons. The Morgan fingerprint density at radius 3 is 1.63 bits per heavy atom. The van der Waals surface area contributed by atoms with Crippen LogP contribution in [0.2, 0.25) is 0 Å². The molecule has 11 aromatic rings.